The number of aromatic nitrogens is 3. The molecule has 0 aliphatic heterocycles. The molecule has 28 heavy (non-hydrogen) atoms. The lowest BCUT2D eigenvalue weighted by Crippen LogP contribution is -2.31. The summed E-state index contributed by atoms with van der Waals surface area (Å²) in [6, 6.07) is -0.611. The number of carbonyl (C=O) groups excluding carboxylic acids is 2. The van der Waals surface area contributed by atoms with Crippen molar-refractivity contribution in [3.63, 3.8) is 0 Å². The number of rotatable bonds is 12. The second kappa shape index (κ2) is 11.0. The lowest BCUT2D eigenvalue weighted by Gasteiger charge is -2.17. The van der Waals surface area contributed by atoms with Gasteiger partial charge in [0.25, 0.3) is 5.91 Å². The second-order valence-electron chi connectivity index (χ2n) is 6.30. The molecule has 4 atom stereocenters. The molecule has 1 aromatic rings. The number of amides is 1. The summed E-state index contributed by atoms with van der Waals surface area (Å²) in [6.07, 6.45) is -0.719. The molecule has 1 amide bonds. The first-order valence-electron chi connectivity index (χ1n) is 8.81. The van der Waals surface area contributed by atoms with Gasteiger partial charge in [0, 0.05) is 13.0 Å². The predicted octanol–water partition coefficient (Wildman–Crippen LogP) is -2.12. The van der Waals surface area contributed by atoms with Gasteiger partial charge in [-0.2, -0.15) is 0 Å². The maximum Gasteiger partial charge on any atom is 0.332 e. The molecular weight excluding hydrogens is 376 g/mol. The van der Waals surface area contributed by atoms with Crippen molar-refractivity contribution in [2.75, 3.05) is 46.8 Å². The van der Waals surface area contributed by atoms with Gasteiger partial charge in [-0.15, -0.1) is 5.10 Å². The first-order valence-corrected chi connectivity index (χ1v) is 8.81. The van der Waals surface area contributed by atoms with Crippen molar-refractivity contribution in [3.8, 4) is 0 Å². The molecule has 4 N–H and O–H groups in total. The molecule has 1 aromatic heterocycles. The van der Waals surface area contributed by atoms with E-state index in [0.29, 0.717) is 19.8 Å². The van der Waals surface area contributed by atoms with Gasteiger partial charge in [-0.1, -0.05) is 0 Å². The van der Waals surface area contributed by atoms with Gasteiger partial charge in [0.05, 0.1) is 45.2 Å². The lowest BCUT2D eigenvalue weighted by molar-refractivity contribution is -0.152. The topological polar surface area (TPSA) is 168 Å². The summed E-state index contributed by atoms with van der Waals surface area (Å²) in [5.41, 5.74) is 5.10. The number of carbonyl (C=O) groups is 2. The summed E-state index contributed by atoms with van der Waals surface area (Å²) in [4.78, 5) is 26.6. The van der Waals surface area contributed by atoms with Gasteiger partial charge in [0.1, 0.15) is 19.0 Å². The van der Waals surface area contributed by atoms with Crippen molar-refractivity contribution in [3.05, 3.63) is 12.2 Å². The largest absolute Gasteiger partial charge is 0.464 e. The normalized spacial score (nSPS) is 24.4. The van der Waals surface area contributed by atoms with Crippen LogP contribution in [0.3, 0.4) is 0 Å². The number of primary amides is 1. The van der Waals surface area contributed by atoms with E-state index in [1.54, 1.807) is 7.11 Å². The van der Waals surface area contributed by atoms with E-state index in [4.69, 9.17) is 24.7 Å². The van der Waals surface area contributed by atoms with Crippen molar-refractivity contribution in [1.82, 2.24) is 14.8 Å². The van der Waals surface area contributed by atoms with E-state index in [1.807, 2.05) is 0 Å². The second-order valence-corrected chi connectivity index (χ2v) is 6.30. The molecule has 1 aliphatic rings. The van der Waals surface area contributed by atoms with E-state index in [0.717, 1.165) is 0 Å². The van der Waals surface area contributed by atoms with Crippen LogP contribution in [-0.4, -0.2) is 95.8 Å². The SMILES string of the molecule is COCCOCCOCC(=O)OC[C@H]1C[C@@H](n2cnc(C(N)=O)n2)[C@H](O)[C@@H]1O. The van der Waals surface area contributed by atoms with Gasteiger partial charge in [0.2, 0.25) is 5.82 Å². The Hall–Kier alpha value is -2.12. The third kappa shape index (κ3) is 6.21. The van der Waals surface area contributed by atoms with Crippen LogP contribution in [0.1, 0.15) is 23.1 Å². The van der Waals surface area contributed by atoms with Gasteiger partial charge in [-0.25, -0.2) is 14.5 Å². The van der Waals surface area contributed by atoms with Gasteiger partial charge in [0.15, 0.2) is 0 Å². The average molecular weight is 402 g/mol. The minimum absolute atomic E-state index is 0.0847. The number of ether oxygens (including phenoxy) is 4. The summed E-state index contributed by atoms with van der Waals surface area (Å²) < 4.78 is 21.5. The van der Waals surface area contributed by atoms with Gasteiger partial charge >= 0.3 is 5.97 Å². The molecule has 2 rings (SSSR count). The zero-order valence-corrected chi connectivity index (χ0v) is 15.6. The zero-order valence-electron chi connectivity index (χ0n) is 15.6. The molecule has 0 spiro atoms. The summed E-state index contributed by atoms with van der Waals surface area (Å²) in [5.74, 6) is -2.05. The number of nitrogens with two attached hydrogens (primary N) is 1. The molecule has 0 aromatic carbocycles. The molecule has 158 valence electrons. The van der Waals surface area contributed by atoms with E-state index in [2.05, 4.69) is 10.1 Å². The number of nitrogens with zero attached hydrogens (tertiary/aromatic N) is 3. The van der Waals surface area contributed by atoms with Crippen LogP contribution in [0.4, 0.5) is 0 Å². The number of aliphatic hydroxyl groups is 2. The molecule has 1 fully saturated rings. The Morgan fingerprint density at radius 2 is 1.93 bits per heavy atom. The standard InChI is InChI=1S/C16H26N4O8/c1-25-2-3-26-4-5-27-8-12(21)28-7-10-6-11(14(23)13(10)22)20-9-18-16(19-20)15(17)24/h9-11,13-14,22-23H,2-8H2,1H3,(H2,17,24)/t10-,11-,13-,14+/m1/s1. The third-order valence-corrected chi connectivity index (χ3v) is 4.32. The number of methoxy groups -OCH3 is 1. The smallest absolute Gasteiger partial charge is 0.332 e. The van der Waals surface area contributed by atoms with Crippen LogP contribution < -0.4 is 5.73 Å². The molecule has 12 nitrogen and oxygen atoms in total. The summed E-state index contributed by atoms with van der Waals surface area (Å²) in [5, 5.41) is 24.3. The summed E-state index contributed by atoms with van der Waals surface area (Å²) in [7, 11) is 1.57. The van der Waals surface area contributed by atoms with Crippen LogP contribution in [0.2, 0.25) is 0 Å². The first-order chi connectivity index (χ1) is 13.4. The number of hydrogen-bond donors (Lipinski definition) is 3. The Labute approximate surface area is 161 Å². The fourth-order valence-electron chi connectivity index (χ4n) is 2.83. The fourth-order valence-corrected chi connectivity index (χ4v) is 2.83. The maximum atomic E-state index is 11.7. The maximum absolute atomic E-state index is 11.7. The van der Waals surface area contributed by atoms with E-state index in [1.165, 1.54) is 11.0 Å². The van der Waals surface area contributed by atoms with E-state index in [9.17, 15) is 19.8 Å². The Balaban J connectivity index is 1.70. The van der Waals surface area contributed by atoms with Crippen molar-refractivity contribution < 1.29 is 38.7 Å². The van der Waals surface area contributed by atoms with Crippen LogP contribution in [0, 0.1) is 5.92 Å². The molecule has 1 heterocycles. The highest BCUT2D eigenvalue weighted by Crippen LogP contribution is 2.35. The van der Waals surface area contributed by atoms with Crippen molar-refractivity contribution in [2.45, 2.75) is 24.7 Å². The van der Waals surface area contributed by atoms with E-state index in [-0.39, 0.29) is 32.1 Å². The zero-order chi connectivity index (χ0) is 20.5. The molecule has 1 saturated carbocycles. The highest BCUT2D eigenvalue weighted by molar-refractivity contribution is 5.88. The Morgan fingerprint density at radius 3 is 2.61 bits per heavy atom. The molecule has 0 radical (unpaired) electrons. The first kappa shape index (κ1) is 22.2. The molecule has 1 aliphatic carbocycles. The van der Waals surface area contributed by atoms with E-state index >= 15 is 0 Å². The van der Waals surface area contributed by atoms with Crippen LogP contribution in [0.5, 0.6) is 0 Å². The van der Waals surface area contributed by atoms with Crippen LogP contribution in [0.25, 0.3) is 0 Å². The highest BCUT2D eigenvalue weighted by atomic mass is 16.6. The predicted molar refractivity (Wildman–Crippen MR) is 92.2 cm³/mol. The van der Waals surface area contributed by atoms with Crippen molar-refractivity contribution in [1.29, 1.82) is 0 Å². The fraction of sp³-hybridized carbons (Fsp3) is 0.750. The van der Waals surface area contributed by atoms with Gasteiger partial charge < -0.3 is 34.9 Å². The Morgan fingerprint density at radius 1 is 1.21 bits per heavy atom. The minimum Gasteiger partial charge on any atom is -0.464 e. The number of esters is 1. The molecule has 0 bridgehead atoms. The number of hydrogen-bond acceptors (Lipinski definition) is 10. The molecular formula is C16H26N4O8. The lowest BCUT2D eigenvalue weighted by atomic mass is 10.1. The summed E-state index contributed by atoms with van der Waals surface area (Å²) >= 11 is 0. The molecule has 12 heteroatoms. The van der Waals surface area contributed by atoms with E-state index < -0.39 is 36.0 Å². The quantitative estimate of drug-likeness (QED) is 0.260. The average Bonchev–Trinajstić information content (AvgIpc) is 3.26. The van der Waals surface area contributed by atoms with Crippen LogP contribution >= 0.6 is 0 Å². The molecule has 0 saturated heterocycles. The highest BCUT2D eigenvalue weighted by Gasteiger charge is 2.43. The Bertz CT molecular complexity index is 640. The number of aliphatic hydroxyl groups excluding tert-OH is 2. The van der Waals surface area contributed by atoms with Crippen LogP contribution in [0.15, 0.2) is 6.33 Å². The Kier molecular flexibility index (Phi) is 8.73. The van der Waals surface area contributed by atoms with Gasteiger partial charge in [-0.3, -0.25) is 4.79 Å². The minimum atomic E-state index is -1.15. The third-order valence-electron chi connectivity index (χ3n) is 4.32. The molecule has 0 unspecified atom stereocenters. The van der Waals surface area contributed by atoms with Crippen LogP contribution in [-0.2, 0) is 23.7 Å². The monoisotopic (exact) mass is 402 g/mol. The van der Waals surface area contributed by atoms with Gasteiger partial charge in [-0.05, 0) is 6.42 Å². The van der Waals surface area contributed by atoms with Crippen molar-refractivity contribution >= 4 is 11.9 Å². The summed E-state index contributed by atoms with van der Waals surface area (Å²) in [6.45, 7) is 1.17. The van der Waals surface area contributed by atoms with Crippen molar-refractivity contribution in [2.24, 2.45) is 11.7 Å².